The SMILES string of the molecule is CC(C)NC1(C(=O)O)CC2CCC1C2. The van der Waals surface area contributed by atoms with Crippen molar-refractivity contribution in [1.82, 2.24) is 5.32 Å². The summed E-state index contributed by atoms with van der Waals surface area (Å²) in [6, 6.07) is 0.255. The monoisotopic (exact) mass is 197 g/mol. The van der Waals surface area contributed by atoms with Crippen LogP contribution in [0.4, 0.5) is 0 Å². The van der Waals surface area contributed by atoms with E-state index < -0.39 is 11.5 Å². The van der Waals surface area contributed by atoms with Gasteiger partial charge in [-0.2, -0.15) is 0 Å². The molecule has 0 heterocycles. The molecule has 0 aromatic carbocycles. The van der Waals surface area contributed by atoms with E-state index in [0.717, 1.165) is 19.3 Å². The molecule has 0 aromatic rings. The number of fused-ring (bicyclic) bond motifs is 2. The van der Waals surface area contributed by atoms with Gasteiger partial charge in [-0.3, -0.25) is 10.1 Å². The van der Waals surface area contributed by atoms with Crippen LogP contribution in [0.25, 0.3) is 0 Å². The van der Waals surface area contributed by atoms with Crippen LogP contribution in [0.1, 0.15) is 39.5 Å². The first-order valence-corrected chi connectivity index (χ1v) is 5.55. The maximum Gasteiger partial charge on any atom is 0.324 e. The van der Waals surface area contributed by atoms with Gasteiger partial charge in [0.15, 0.2) is 0 Å². The van der Waals surface area contributed by atoms with Crippen molar-refractivity contribution in [2.45, 2.75) is 51.1 Å². The summed E-state index contributed by atoms with van der Waals surface area (Å²) < 4.78 is 0. The Morgan fingerprint density at radius 1 is 1.50 bits per heavy atom. The normalized spacial score (nSPS) is 40.8. The summed E-state index contributed by atoms with van der Waals surface area (Å²) >= 11 is 0. The first-order valence-electron chi connectivity index (χ1n) is 5.55. The summed E-state index contributed by atoms with van der Waals surface area (Å²) in [6.07, 6.45) is 4.29. The molecule has 2 bridgehead atoms. The Morgan fingerprint density at radius 3 is 2.57 bits per heavy atom. The van der Waals surface area contributed by atoms with E-state index in [0.29, 0.717) is 11.8 Å². The number of nitrogens with one attached hydrogen (secondary N) is 1. The van der Waals surface area contributed by atoms with Crippen molar-refractivity contribution in [2.75, 3.05) is 0 Å². The molecule has 3 atom stereocenters. The van der Waals surface area contributed by atoms with E-state index >= 15 is 0 Å². The summed E-state index contributed by atoms with van der Waals surface area (Å²) in [7, 11) is 0. The largest absolute Gasteiger partial charge is 0.480 e. The van der Waals surface area contributed by atoms with Crippen molar-refractivity contribution in [3.8, 4) is 0 Å². The van der Waals surface area contributed by atoms with Gasteiger partial charge in [0.05, 0.1) is 0 Å². The standard InChI is InChI=1S/C11H19NO2/c1-7(2)12-11(10(13)14)6-8-3-4-9(11)5-8/h7-9,12H,3-6H2,1-2H3,(H,13,14). The topological polar surface area (TPSA) is 49.3 Å². The molecule has 80 valence electrons. The predicted molar refractivity (Wildman–Crippen MR) is 54.1 cm³/mol. The Kier molecular flexibility index (Phi) is 2.30. The minimum absolute atomic E-state index is 0.255. The van der Waals surface area contributed by atoms with Crippen LogP contribution in [-0.4, -0.2) is 22.7 Å². The van der Waals surface area contributed by atoms with Crippen LogP contribution in [0.5, 0.6) is 0 Å². The molecule has 0 amide bonds. The highest BCUT2D eigenvalue weighted by atomic mass is 16.4. The fourth-order valence-electron chi connectivity index (χ4n) is 3.35. The van der Waals surface area contributed by atoms with Gasteiger partial charge in [0.25, 0.3) is 0 Å². The molecule has 2 aliphatic rings. The van der Waals surface area contributed by atoms with E-state index in [1.54, 1.807) is 0 Å². The van der Waals surface area contributed by atoms with E-state index in [9.17, 15) is 9.90 Å². The minimum atomic E-state index is -0.640. The van der Waals surface area contributed by atoms with Gasteiger partial charge in [-0.25, -0.2) is 0 Å². The highest BCUT2D eigenvalue weighted by Gasteiger charge is 2.55. The molecule has 3 nitrogen and oxygen atoms in total. The molecule has 3 unspecified atom stereocenters. The Labute approximate surface area is 84.9 Å². The average molecular weight is 197 g/mol. The average Bonchev–Trinajstić information content (AvgIpc) is 2.61. The highest BCUT2D eigenvalue weighted by molar-refractivity contribution is 5.80. The number of aliphatic carboxylic acids is 1. The quantitative estimate of drug-likeness (QED) is 0.723. The lowest BCUT2D eigenvalue weighted by Crippen LogP contribution is -2.58. The van der Waals surface area contributed by atoms with Crippen LogP contribution in [0.15, 0.2) is 0 Å². The van der Waals surface area contributed by atoms with Crippen LogP contribution in [-0.2, 0) is 4.79 Å². The summed E-state index contributed by atoms with van der Waals surface area (Å²) in [6.45, 7) is 4.05. The summed E-state index contributed by atoms with van der Waals surface area (Å²) in [5.74, 6) is 0.383. The number of hydrogen-bond acceptors (Lipinski definition) is 2. The number of carbonyl (C=O) groups is 1. The molecule has 0 aromatic heterocycles. The molecule has 2 aliphatic carbocycles. The molecule has 0 spiro atoms. The molecule has 0 saturated heterocycles. The number of carboxylic acids is 1. The number of hydrogen-bond donors (Lipinski definition) is 2. The van der Waals surface area contributed by atoms with Crippen molar-refractivity contribution in [1.29, 1.82) is 0 Å². The van der Waals surface area contributed by atoms with Gasteiger partial charge in [0, 0.05) is 6.04 Å². The lowest BCUT2D eigenvalue weighted by molar-refractivity contribution is -0.147. The van der Waals surface area contributed by atoms with Gasteiger partial charge in [0.2, 0.25) is 0 Å². The third kappa shape index (κ3) is 1.34. The molecule has 3 heteroatoms. The van der Waals surface area contributed by atoms with Gasteiger partial charge >= 0.3 is 5.97 Å². The van der Waals surface area contributed by atoms with Crippen molar-refractivity contribution in [2.24, 2.45) is 11.8 Å². The molecule has 0 aliphatic heterocycles. The lowest BCUT2D eigenvalue weighted by atomic mass is 9.80. The molecule has 2 saturated carbocycles. The first-order chi connectivity index (χ1) is 6.54. The van der Waals surface area contributed by atoms with Gasteiger partial charge in [0.1, 0.15) is 5.54 Å². The highest BCUT2D eigenvalue weighted by Crippen LogP contribution is 2.51. The molecule has 2 N–H and O–H groups in total. The van der Waals surface area contributed by atoms with Crippen LogP contribution in [0.2, 0.25) is 0 Å². The van der Waals surface area contributed by atoms with E-state index in [-0.39, 0.29) is 6.04 Å². The third-order valence-electron chi connectivity index (χ3n) is 3.78. The number of carboxylic acid groups (broad SMARTS) is 1. The van der Waals surface area contributed by atoms with Crippen molar-refractivity contribution >= 4 is 5.97 Å². The van der Waals surface area contributed by atoms with Crippen LogP contribution >= 0.6 is 0 Å². The van der Waals surface area contributed by atoms with E-state index in [1.807, 2.05) is 13.8 Å². The Morgan fingerprint density at radius 2 is 2.21 bits per heavy atom. The first kappa shape index (κ1) is 9.97. The van der Waals surface area contributed by atoms with Gasteiger partial charge in [-0.1, -0.05) is 6.42 Å². The van der Waals surface area contributed by atoms with Crippen molar-refractivity contribution in [3.05, 3.63) is 0 Å². The Bertz CT molecular complexity index is 252. The Balaban J connectivity index is 2.20. The van der Waals surface area contributed by atoms with Gasteiger partial charge in [-0.15, -0.1) is 0 Å². The zero-order chi connectivity index (χ0) is 10.3. The van der Waals surface area contributed by atoms with Crippen LogP contribution < -0.4 is 5.32 Å². The second-order valence-electron chi connectivity index (χ2n) is 5.16. The van der Waals surface area contributed by atoms with Crippen LogP contribution in [0.3, 0.4) is 0 Å². The molecule has 2 fully saturated rings. The third-order valence-corrected chi connectivity index (χ3v) is 3.78. The summed E-state index contributed by atoms with van der Waals surface area (Å²) in [5, 5.41) is 12.7. The smallest absolute Gasteiger partial charge is 0.324 e. The van der Waals surface area contributed by atoms with Crippen LogP contribution in [0, 0.1) is 11.8 Å². The minimum Gasteiger partial charge on any atom is -0.480 e. The second kappa shape index (κ2) is 3.23. The molecule has 0 radical (unpaired) electrons. The summed E-state index contributed by atoms with van der Waals surface area (Å²) in [4.78, 5) is 11.4. The maximum atomic E-state index is 11.4. The fraction of sp³-hybridized carbons (Fsp3) is 0.909. The lowest BCUT2D eigenvalue weighted by Gasteiger charge is -2.36. The molecular formula is C11H19NO2. The summed E-state index contributed by atoms with van der Waals surface area (Å²) in [5.41, 5.74) is -0.600. The zero-order valence-corrected chi connectivity index (χ0v) is 8.92. The second-order valence-corrected chi connectivity index (χ2v) is 5.16. The van der Waals surface area contributed by atoms with Crippen molar-refractivity contribution in [3.63, 3.8) is 0 Å². The molecule has 14 heavy (non-hydrogen) atoms. The number of rotatable bonds is 3. The van der Waals surface area contributed by atoms with Gasteiger partial charge in [-0.05, 0) is 44.9 Å². The molecule has 2 rings (SSSR count). The van der Waals surface area contributed by atoms with E-state index in [4.69, 9.17) is 0 Å². The van der Waals surface area contributed by atoms with Crippen molar-refractivity contribution < 1.29 is 9.90 Å². The van der Waals surface area contributed by atoms with E-state index in [1.165, 1.54) is 6.42 Å². The Hall–Kier alpha value is -0.570. The zero-order valence-electron chi connectivity index (χ0n) is 8.92. The molecular weight excluding hydrogens is 178 g/mol. The van der Waals surface area contributed by atoms with Gasteiger partial charge < -0.3 is 5.11 Å². The fourth-order valence-corrected chi connectivity index (χ4v) is 3.35. The predicted octanol–water partition coefficient (Wildman–Crippen LogP) is 1.63. The maximum absolute atomic E-state index is 11.4. The van der Waals surface area contributed by atoms with E-state index in [2.05, 4.69) is 5.32 Å².